The van der Waals surface area contributed by atoms with Gasteiger partial charge in [-0.25, -0.2) is 0 Å². The predicted molar refractivity (Wildman–Crippen MR) is 138 cm³/mol. The van der Waals surface area contributed by atoms with Gasteiger partial charge in [0.2, 0.25) is 0 Å². The number of ether oxygens (including phenoxy) is 1. The van der Waals surface area contributed by atoms with Gasteiger partial charge >= 0.3 is 0 Å². The Morgan fingerprint density at radius 3 is 2.44 bits per heavy atom. The third kappa shape index (κ3) is 5.42. The SMILES string of the molecule is C=CCOc1ccc(C(O)=C2C(=O)C(=O)N(CCN(CC)CC)[C@H]2c2ccc(Br)cc2)cc1C. The molecule has 180 valence electrons. The first kappa shape index (κ1) is 25.7. The number of Topliss-reactive ketones (excluding diaryl/α,β-unsaturated/α-hetero) is 1. The molecule has 6 nitrogen and oxygen atoms in total. The molecule has 1 saturated heterocycles. The fourth-order valence-electron chi connectivity index (χ4n) is 4.15. The maximum atomic E-state index is 13.2. The molecule has 1 aliphatic rings. The highest BCUT2D eigenvalue weighted by atomic mass is 79.9. The van der Waals surface area contributed by atoms with Crippen LogP contribution in [-0.4, -0.2) is 59.4 Å². The molecular weight excluding hydrogens is 496 g/mol. The Kier molecular flexibility index (Phi) is 8.69. The number of carbonyl (C=O) groups is 2. The summed E-state index contributed by atoms with van der Waals surface area (Å²) in [5.74, 6) is -0.783. The van der Waals surface area contributed by atoms with Crippen molar-refractivity contribution in [1.82, 2.24) is 9.80 Å². The van der Waals surface area contributed by atoms with E-state index >= 15 is 0 Å². The molecule has 1 aliphatic heterocycles. The maximum Gasteiger partial charge on any atom is 0.295 e. The Balaban J connectivity index is 2.07. The van der Waals surface area contributed by atoms with Crippen LogP contribution in [0, 0.1) is 6.92 Å². The summed E-state index contributed by atoms with van der Waals surface area (Å²) in [6.45, 7) is 12.7. The molecule has 0 aromatic heterocycles. The third-order valence-corrected chi connectivity index (χ3v) is 6.61. The van der Waals surface area contributed by atoms with Crippen LogP contribution in [0.25, 0.3) is 5.76 Å². The van der Waals surface area contributed by atoms with Gasteiger partial charge in [0.15, 0.2) is 0 Å². The van der Waals surface area contributed by atoms with Gasteiger partial charge in [0, 0.05) is 23.1 Å². The second kappa shape index (κ2) is 11.5. The van der Waals surface area contributed by atoms with Crippen molar-refractivity contribution in [2.24, 2.45) is 0 Å². The van der Waals surface area contributed by atoms with E-state index in [2.05, 4.69) is 41.3 Å². The monoisotopic (exact) mass is 526 g/mol. The molecule has 3 rings (SSSR count). The van der Waals surface area contributed by atoms with Gasteiger partial charge in [-0.05, 0) is 61.5 Å². The standard InChI is InChI=1S/C27H31BrN2O4/c1-5-16-34-22-13-10-20(17-18(22)4)25(31)23-24(19-8-11-21(28)12-9-19)30(27(33)26(23)32)15-14-29(6-2)7-3/h5,8-13,17,24,31H,1,6-7,14-16H2,2-4H3/t24-/m0/s1. The average molecular weight is 527 g/mol. The predicted octanol–water partition coefficient (Wildman–Crippen LogP) is 5.09. The summed E-state index contributed by atoms with van der Waals surface area (Å²) in [7, 11) is 0. The van der Waals surface area contributed by atoms with Crippen molar-refractivity contribution in [2.75, 3.05) is 32.8 Å². The van der Waals surface area contributed by atoms with Gasteiger partial charge in [0.05, 0.1) is 11.6 Å². The smallest absolute Gasteiger partial charge is 0.295 e. The first-order valence-corrected chi connectivity index (χ1v) is 12.2. The summed E-state index contributed by atoms with van der Waals surface area (Å²) < 4.78 is 6.52. The van der Waals surface area contributed by atoms with Crippen LogP contribution >= 0.6 is 15.9 Å². The van der Waals surface area contributed by atoms with Crippen LogP contribution in [0.2, 0.25) is 0 Å². The van der Waals surface area contributed by atoms with Crippen molar-refractivity contribution >= 4 is 33.4 Å². The number of halogens is 1. The third-order valence-electron chi connectivity index (χ3n) is 6.08. The van der Waals surface area contributed by atoms with Gasteiger partial charge in [-0.3, -0.25) is 9.59 Å². The molecule has 0 spiro atoms. The molecule has 34 heavy (non-hydrogen) atoms. The molecule has 7 heteroatoms. The van der Waals surface area contributed by atoms with E-state index in [0.29, 0.717) is 31.0 Å². The van der Waals surface area contributed by atoms with Crippen LogP contribution in [0.3, 0.4) is 0 Å². The molecule has 2 aromatic rings. The van der Waals surface area contributed by atoms with E-state index in [1.807, 2.05) is 31.2 Å². The average Bonchev–Trinajstić information content (AvgIpc) is 3.09. The Morgan fingerprint density at radius 1 is 1.18 bits per heavy atom. The highest BCUT2D eigenvalue weighted by molar-refractivity contribution is 9.10. The van der Waals surface area contributed by atoms with Crippen molar-refractivity contribution in [1.29, 1.82) is 0 Å². The van der Waals surface area contributed by atoms with Crippen LogP contribution in [0.1, 0.15) is 36.6 Å². The van der Waals surface area contributed by atoms with E-state index in [4.69, 9.17) is 4.74 Å². The molecule has 1 N–H and O–H groups in total. The number of hydrogen-bond donors (Lipinski definition) is 1. The molecule has 1 atom stereocenters. The summed E-state index contributed by atoms with van der Waals surface area (Å²) in [5.41, 5.74) is 2.14. The first-order valence-electron chi connectivity index (χ1n) is 11.4. The summed E-state index contributed by atoms with van der Waals surface area (Å²) >= 11 is 3.44. The highest BCUT2D eigenvalue weighted by Crippen LogP contribution is 2.40. The van der Waals surface area contributed by atoms with Crippen LogP contribution in [-0.2, 0) is 9.59 Å². The molecule has 0 bridgehead atoms. The number of ketones is 1. The van der Waals surface area contributed by atoms with Crippen molar-refractivity contribution < 1.29 is 19.4 Å². The van der Waals surface area contributed by atoms with Gasteiger partial charge in [-0.15, -0.1) is 0 Å². The number of hydrogen-bond acceptors (Lipinski definition) is 5. The number of aryl methyl sites for hydroxylation is 1. The van der Waals surface area contributed by atoms with E-state index in [1.165, 1.54) is 0 Å². The molecular formula is C27H31BrN2O4. The molecule has 0 aliphatic carbocycles. The number of carbonyl (C=O) groups excluding carboxylic acids is 2. The van der Waals surface area contributed by atoms with Gasteiger partial charge in [0.25, 0.3) is 11.7 Å². The molecule has 1 amide bonds. The molecule has 0 radical (unpaired) electrons. The quantitative estimate of drug-likeness (QED) is 0.202. The highest BCUT2D eigenvalue weighted by Gasteiger charge is 2.46. The van der Waals surface area contributed by atoms with E-state index in [1.54, 1.807) is 29.2 Å². The second-order valence-electron chi connectivity index (χ2n) is 8.15. The summed E-state index contributed by atoms with van der Waals surface area (Å²) in [6.07, 6.45) is 1.66. The Morgan fingerprint density at radius 2 is 1.85 bits per heavy atom. The van der Waals surface area contributed by atoms with Crippen LogP contribution < -0.4 is 4.74 Å². The lowest BCUT2D eigenvalue weighted by Crippen LogP contribution is -2.38. The molecule has 0 unspecified atom stereocenters. The summed E-state index contributed by atoms with van der Waals surface area (Å²) in [5, 5.41) is 11.3. The topological polar surface area (TPSA) is 70.1 Å². The van der Waals surface area contributed by atoms with E-state index in [0.717, 1.165) is 28.7 Å². The van der Waals surface area contributed by atoms with Crippen LogP contribution in [0.15, 0.2) is 65.2 Å². The van der Waals surface area contributed by atoms with E-state index in [-0.39, 0.29) is 11.3 Å². The number of likely N-dealkylation sites (N-methyl/N-ethyl adjacent to an activating group) is 1. The van der Waals surface area contributed by atoms with Crippen LogP contribution in [0.5, 0.6) is 5.75 Å². The molecule has 1 fully saturated rings. The number of amides is 1. The van der Waals surface area contributed by atoms with Gasteiger partial charge in [-0.1, -0.05) is 54.6 Å². The van der Waals surface area contributed by atoms with Gasteiger partial charge in [0.1, 0.15) is 18.1 Å². The zero-order chi connectivity index (χ0) is 24.8. The Labute approximate surface area is 209 Å². The number of rotatable bonds is 10. The first-order chi connectivity index (χ1) is 16.3. The van der Waals surface area contributed by atoms with Crippen molar-refractivity contribution in [3.05, 3.63) is 81.9 Å². The number of benzene rings is 2. The summed E-state index contributed by atoms with van der Waals surface area (Å²) in [6, 6.07) is 12.0. The maximum absolute atomic E-state index is 13.2. The van der Waals surface area contributed by atoms with E-state index in [9.17, 15) is 14.7 Å². The molecule has 0 saturated carbocycles. The van der Waals surface area contributed by atoms with Crippen molar-refractivity contribution in [2.45, 2.75) is 26.8 Å². The van der Waals surface area contributed by atoms with Crippen molar-refractivity contribution in [3.63, 3.8) is 0 Å². The van der Waals surface area contributed by atoms with E-state index < -0.39 is 17.7 Å². The normalized spacial score (nSPS) is 17.4. The summed E-state index contributed by atoms with van der Waals surface area (Å²) in [4.78, 5) is 30.1. The minimum Gasteiger partial charge on any atom is -0.507 e. The largest absolute Gasteiger partial charge is 0.507 e. The minimum absolute atomic E-state index is 0.103. The number of aliphatic hydroxyl groups excluding tert-OH is 1. The second-order valence-corrected chi connectivity index (χ2v) is 9.07. The lowest BCUT2D eigenvalue weighted by molar-refractivity contribution is -0.140. The van der Waals surface area contributed by atoms with Gasteiger partial charge < -0.3 is 19.6 Å². The fraction of sp³-hybridized carbons (Fsp3) is 0.333. The van der Waals surface area contributed by atoms with Crippen LogP contribution in [0.4, 0.5) is 0 Å². The fourth-order valence-corrected chi connectivity index (χ4v) is 4.42. The molecule has 2 aromatic carbocycles. The Bertz CT molecular complexity index is 1090. The number of aliphatic hydroxyl groups is 1. The van der Waals surface area contributed by atoms with Crippen molar-refractivity contribution in [3.8, 4) is 5.75 Å². The zero-order valence-corrected chi connectivity index (χ0v) is 21.5. The lowest BCUT2D eigenvalue weighted by atomic mass is 9.95. The lowest BCUT2D eigenvalue weighted by Gasteiger charge is -2.28. The molecule has 1 heterocycles. The zero-order valence-electron chi connectivity index (χ0n) is 19.9. The Hall–Kier alpha value is -2.90. The number of nitrogens with zero attached hydrogens (tertiary/aromatic N) is 2. The number of likely N-dealkylation sites (tertiary alicyclic amines) is 1. The minimum atomic E-state index is -0.672. The van der Waals surface area contributed by atoms with Gasteiger partial charge in [-0.2, -0.15) is 0 Å².